The first-order valence-electron chi connectivity index (χ1n) is 7.06. The van der Waals surface area contributed by atoms with Gasteiger partial charge in [-0.05, 0) is 49.5 Å². The fourth-order valence-corrected chi connectivity index (χ4v) is 3.05. The van der Waals surface area contributed by atoms with Crippen LogP contribution in [0.25, 0.3) is 0 Å². The van der Waals surface area contributed by atoms with Gasteiger partial charge in [-0.3, -0.25) is 0 Å². The Morgan fingerprint density at radius 3 is 2.80 bits per heavy atom. The van der Waals surface area contributed by atoms with Crippen molar-refractivity contribution in [3.05, 3.63) is 45.8 Å². The highest BCUT2D eigenvalue weighted by Gasteiger charge is 2.15. The first-order chi connectivity index (χ1) is 9.65. The van der Waals surface area contributed by atoms with Crippen LogP contribution in [-0.2, 0) is 13.0 Å². The number of pyridine rings is 1. The maximum absolute atomic E-state index is 4.77. The molecule has 2 aromatic heterocycles. The van der Waals surface area contributed by atoms with E-state index in [1.54, 1.807) is 11.3 Å². The third-order valence-electron chi connectivity index (χ3n) is 3.57. The molecule has 3 nitrogen and oxygen atoms in total. The molecular formula is C16H23N3S. The number of hydrogen-bond acceptors (Lipinski definition) is 4. The minimum Gasteiger partial charge on any atom is -0.352 e. The molecule has 2 heterocycles. The zero-order chi connectivity index (χ0) is 14.5. The molecule has 0 aliphatic rings. The highest BCUT2D eigenvalue weighted by atomic mass is 32.1. The average molecular weight is 289 g/mol. The van der Waals surface area contributed by atoms with Crippen LogP contribution >= 0.6 is 11.3 Å². The summed E-state index contributed by atoms with van der Waals surface area (Å²) in [4.78, 5) is 8.39. The first kappa shape index (κ1) is 15.0. The smallest absolute Gasteiger partial charge is 0.129 e. The van der Waals surface area contributed by atoms with Crippen molar-refractivity contribution in [2.24, 2.45) is 0 Å². The van der Waals surface area contributed by atoms with Crippen molar-refractivity contribution in [2.45, 2.75) is 32.9 Å². The standard InChI is InChI=1S/C16H23N3S/c1-5-14-9-13(11-17-3)10-16(18-14)19(4)12(2)15-7-6-8-20-15/h6-10,12,17H,5,11H2,1-4H3. The first-order valence-corrected chi connectivity index (χ1v) is 7.94. The number of hydrogen-bond donors (Lipinski definition) is 1. The summed E-state index contributed by atoms with van der Waals surface area (Å²) < 4.78 is 0. The van der Waals surface area contributed by atoms with Crippen LogP contribution in [0.4, 0.5) is 5.82 Å². The molecule has 0 amide bonds. The van der Waals surface area contributed by atoms with Crippen LogP contribution < -0.4 is 10.2 Å². The highest BCUT2D eigenvalue weighted by Crippen LogP contribution is 2.27. The van der Waals surface area contributed by atoms with E-state index < -0.39 is 0 Å². The normalized spacial score (nSPS) is 12.4. The molecule has 0 radical (unpaired) electrons. The van der Waals surface area contributed by atoms with Crippen LogP contribution in [0.5, 0.6) is 0 Å². The second-order valence-corrected chi connectivity index (χ2v) is 5.99. The Labute approximate surface area is 125 Å². The Morgan fingerprint density at radius 1 is 1.40 bits per heavy atom. The summed E-state index contributed by atoms with van der Waals surface area (Å²) in [6.45, 7) is 5.26. The predicted molar refractivity (Wildman–Crippen MR) is 87.5 cm³/mol. The van der Waals surface area contributed by atoms with Gasteiger partial charge in [-0.2, -0.15) is 0 Å². The number of thiophene rings is 1. The van der Waals surface area contributed by atoms with Gasteiger partial charge in [-0.15, -0.1) is 11.3 Å². The molecule has 2 rings (SSSR count). The molecule has 1 unspecified atom stereocenters. The summed E-state index contributed by atoms with van der Waals surface area (Å²) in [5.74, 6) is 1.05. The van der Waals surface area contributed by atoms with Gasteiger partial charge < -0.3 is 10.2 Å². The molecule has 0 bridgehead atoms. The molecule has 0 saturated heterocycles. The third kappa shape index (κ3) is 3.38. The van der Waals surface area contributed by atoms with E-state index in [2.05, 4.69) is 60.8 Å². The lowest BCUT2D eigenvalue weighted by Gasteiger charge is -2.26. The van der Waals surface area contributed by atoms with Gasteiger partial charge >= 0.3 is 0 Å². The second kappa shape index (κ2) is 6.86. The van der Waals surface area contributed by atoms with Gasteiger partial charge in [0.25, 0.3) is 0 Å². The van der Waals surface area contributed by atoms with Crippen molar-refractivity contribution in [3.8, 4) is 0 Å². The zero-order valence-corrected chi connectivity index (χ0v) is 13.5. The minimum atomic E-state index is 0.344. The Bertz CT molecular complexity index is 537. The zero-order valence-electron chi connectivity index (χ0n) is 12.7. The Kier molecular flexibility index (Phi) is 5.15. The van der Waals surface area contributed by atoms with Crippen molar-refractivity contribution in [2.75, 3.05) is 19.0 Å². The molecule has 108 valence electrons. The summed E-state index contributed by atoms with van der Waals surface area (Å²) in [5, 5.41) is 5.34. The SMILES string of the molecule is CCc1cc(CNC)cc(N(C)C(C)c2cccs2)n1. The molecule has 0 aliphatic heterocycles. The molecule has 4 heteroatoms. The monoisotopic (exact) mass is 289 g/mol. The lowest BCUT2D eigenvalue weighted by atomic mass is 10.1. The van der Waals surface area contributed by atoms with E-state index in [9.17, 15) is 0 Å². The van der Waals surface area contributed by atoms with E-state index >= 15 is 0 Å². The highest BCUT2D eigenvalue weighted by molar-refractivity contribution is 7.10. The molecule has 0 spiro atoms. The molecule has 2 aromatic rings. The van der Waals surface area contributed by atoms with Crippen molar-refractivity contribution in [1.29, 1.82) is 0 Å². The van der Waals surface area contributed by atoms with Gasteiger partial charge in [-0.25, -0.2) is 4.98 Å². The molecule has 0 aliphatic carbocycles. The molecule has 0 fully saturated rings. The van der Waals surface area contributed by atoms with E-state index in [0.717, 1.165) is 24.5 Å². The molecule has 1 N–H and O–H groups in total. The van der Waals surface area contributed by atoms with Gasteiger partial charge in [0.1, 0.15) is 5.82 Å². The fraction of sp³-hybridized carbons (Fsp3) is 0.438. The number of aromatic nitrogens is 1. The van der Waals surface area contributed by atoms with Crippen LogP contribution in [0, 0.1) is 0 Å². The Hall–Kier alpha value is -1.39. The number of anilines is 1. The number of aryl methyl sites for hydroxylation is 1. The topological polar surface area (TPSA) is 28.2 Å². The number of nitrogens with one attached hydrogen (secondary N) is 1. The van der Waals surface area contributed by atoms with E-state index in [0.29, 0.717) is 6.04 Å². The summed E-state index contributed by atoms with van der Waals surface area (Å²) in [7, 11) is 4.10. The number of rotatable bonds is 6. The second-order valence-electron chi connectivity index (χ2n) is 5.01. The van der Waals surface area contributed by atoms with Gasteiger partial charge in [-0.1, -0.05) is 13.0 Å². The summed E-state index contributed by atoms with van der Waals surface area (Å²) in [5.41, 5.74) is 2.44. The van der Waals surface area contributed by atoms with E-state index in [1.807, 2.05) is 7.05 Å². The van der Waals surface area contributed by atoms with Crippen LogP contribution in [0.1, 0.15) is 36.0 Å². The van der Waals surface area contributed by atoms with Crippen molar-refractivity contribution in [3.63, 3.8) is 0 Å². The van der Waals surface area contributed by atoms with E-state index in [1.165, 1.54) is 10.4 Å². The largest absolute Gasteiger partial charge is 0.352 e. The summed E-state index contributed by atoms with van der Waals surface area (Å²) in [6, 6.07) is 9.00. The van der Waals surface area contributed by atoms with Crippen LogP contribution in [0.3, 0.4) is 0 Å². The lowest BCUT2D eigenvalue weighted by molar-refractivity contribution is 0.734. The maximum Gasteiger partial charge on any atom is 0.129 e. The minimum absolute atomic E-state index is 0.344. The van der Waals surface area contributed by atoms with Gasteiger partial charge in [0.2, 0.25) is 0 Å². The third-order valence-corrected chi connectivity index (χ3v) is 4.61. The van der Waals surface area contributed by atoms with Gasteiger partial charge in [0.05, 0.1) is 6.04 Å². The molecule has 1 atom stereocenters. The van der Waals surface area contributed by atoms with Crippen molar-refractivity contribution < 1.29 is 0 Å². The van der Waals surface area contributed by atoms with Gasteiger partial charge in [0.15, 0.2) is 0 Å². The quantitative estimate of drug-likeness (QED) is 0.880. The van der Waals surface area contributed by atoms with Crippen LogP contribution in [0.15, 0.2) is 29.6 Å². The van der Waals surface area contributed by atoms with E-state index in [-0.39, 0.29) is 0 Å². The van der Waals surface area contributed by atoms with Crippen molar-refractivity contribution in [1.82, 2.24) is 10.3 Å². The number of nitrogens with zero attached hydrogens (tertiary/aromatic N) is 2. The lowest BCUT2D eigenvalue weighted by Crippen LogP contribution is -2.22. The van der Waals surface area contributed by atoms with Gasteiger partial charge in [0, 0.05) is 24.2 Å². The molecule has 0 aromatic carbocycles. The van der Waals surface area contributed by atoms with Crippen LogP contribution in [-0.4, -0.2) is 19.1 Å². The Morgan fingerprint density at radius 2 is 2.20 bits per heavy atom. The predicted octanol–water partition coefficient (Wildman–Crippen LogP) is 3.62. The van der Waals surface area contributed by atoms with E-state index in [4.69, 9.17) is 4.98 Å². The maximum atomic E-state index is 4.77. The molecular weight excluding hydrogens is 266 g/mol. The summed E-state index contributed by atoms with van der Waals surface area (Å²) in [6.07, 6.45) is 0.964. The Balaban J connectivity index is 2.28. The van der Waals surface area contributed by atoms with Crippen LogP contribution in [0.2, 0.25) is 0 Å². The average Bonchev–Trinajstić information content (AvgIpc) is 2.99. The molecule has 20 heavy (non-hydrogen) atoms. The fourth-order valence-electron chi connectivity index (χ4n) is 2.22. The summed E-state index contributed by atoms with van der Waals surface area (Å²) >= 11 is 1.80. The molecule has 0 saturated carbocycles. The van der Waals surface area contributed by atoms with Crippen molar-refractivity contribution >= 4 is 17.2 Å².